The van der Waals surface area contributed by atoms with Crippen molar-refractivity contribution in [3.05, 3.63) is 35.4 Å². The summed E-state index contributed by atoms with van der Waals surface area (Å²) in [4.78, 5) is 0. The standard InChI is InChI=1S/C13H18N2O3S/c1-2-15(8-3-9-16)19(17,18)11-13-6-4-12(10-14)5-7-13/h4-7,16H,2-3,8-9,11H2,1H3. The van der Waals surface area contributed by atoms with Crippen LogP contribution in [0.25, 0.3) is 0 Å². The quantitative estimate of drug-likeness (QED) is 0.811. The van der Waals surface area contributed by atoms with Gasteiger partial charge >= 0.3 is 0 Å². The van der Waals surface area contributed by atoms with Crippen molar-refractivity contribution in [3.8, 4) is 6.07 Å². The van der Waals surface area contributed by atoms with Crippen molar-refractivity contribution in [3.63, 3.8) is 0 Å². The van der Waals surface area contributed by atoms with Crippen molar-refractivity contribution in [2.24, 2.45) is 0 Å². The molecule has 104 valence electrons. The maximum atomic E-state index is 12.2. The third-order valence-corrected chi connectivity index (χ3v) is 4.67. The molecule has 1 aromatic carbocycles. The fourth-order valence-corrected chi connectivity index (χ4v) is 3.32. The fraction of sp³-hybridized carbons (Fsp3) is 0.462. The van der Waals surface area contributed by atoms with Crippen molar-refractivity contribution < 1.29 is 13.5 Å². The molecule has 0 unspecified atom stereocenters. The first-order chi connectivity index (χ1) is 9.03. The number of hydrogen-bond donors (Lipinski definition) is 1. The zero-order valence-electron chi connectivity index (χ0n) is 10.9. The van der Waals surface area contributed by atoms with Gasteiger partial charge in [0.05, 0.1) is 17.4 Å². The van der Waals surface area contributed by atoms with E-state index in [1.165, 1.54) is 4.31 Å². The molecule has 0 aromatic heterocycles. The fourth-order valence-electron chi connectivity index (χ4n) is 1.72. The van der Waals surface area contributed by atoms with E-state index in [4.69, 9.17) is 10.4 Å². The van der Waals surface area contributed by atoms with Gasteiger partial charge in [0.2, 0.25) is 10.0 Å². The minimum Gasteiger partial charge on any atom is -0.396 e. The highest BCUT2D eigenvalue weighted by Crippen LogP contribution is 2.12. The zero-order chi connectivity index (χ0) is 14.3. The Morgan fingerprint density at radius 1 is 1.32 bits per heavy atom. The largest absolute Gasteiger partial charge is 0.396 e. The minimum atomic E-state index is -3.38. The minimum absolute atomic E-state index is 0.0249. The molecule has 1 N–H and O–H groups in total. The Morgan fingerprint density at radius 3 is 2.42 bits per heavy atom. The summed E-state index contributed by atoms with van der Waals surface area (Å²) in [5.41, 5.74) is 1.16. The first-order valence-corrected chi connectivity index (χ1v) is 7.72. The number of aliphatic hydroxyl groups is 1. The van der Waals surface area contributed by atoms with Crippen LogP contribution < -0.4 is 0 Å². The SMILES string of the molecule is CCN(CCCO)S(=O)(=O)Cc1ccc(C#N)cc1. The molecule has 0 spiro atoms. The second kappa shape index (κ2) is 7.24. The van der Waals surface area contributed by atoms with Crippen LogP contribution >= 0.6 is 0 Å². The first kappa shape index (κ1) is 15.6. The molecule has 1 rings (SSSR count). The van der Waals surface area contributed by atoms with Crippen LogP contribution in [-0.2, 0) is 15.8 Å². The third-order valence-electron chi connectivity index (χ3n) is 2.74. The number of nitrogens with zero attached hydrogens (tertiary/aromatic N) is 2. The molecule has 0 heterocycles. The number of nitriles is 1. The maximum Gasteiger partial charge on any atom is 0.218 e. The Bertz CT molecular complexity index is 532. The van der Waals surface area contributed by atoms with E-state index in [0.29, 0.717) is 30.6 Å². The summed E-state index contributed by atoms with van der Waals surface area (Å²) in [5, 5.41) is 17.5. The molecule has 0 amide bonds. The average molecular weight is 282 g/mol. The Balaban J connectivity index is 2.79. The Morgan fingerprint density at radius 2 is 1.95 bits per heavy atom. The van der Waals surface area contributed by atoms with E-state index in [-0.39, 0.29) is 12.4 Å². The maximum absolute atomic E-state index is 12.2. The second-order valence-electron chi connectivity index (χ2n) is 4.13. The topological polar surface area (TPSA) is 81.4 Å². The van der Waals surface area contributed by atoms with Crippen LogP contribution in [0.4, 0.5) is 0 Å². The van der Waals surface area contributed by atoms with E-state index in [9.17, 15) is 8.42 Å². The predicted octanol–water partition coefficient (Wildman–Crippen LogP) is 1.09. The molecule has 0 radical (unpaired) electrons. The van der Waals surface area contributed by atoms with Crippen LogP contribution in [0.15, 0.2) is 24.3 Å². The van der Waals surface area contributed by atoms with Crippen LogP contribution in [0.3, 0.4) is 0 Å². The van der Waals surface area contributed by atoms with Gasteiger partial charge in [-0.1, -0.05) is 19.1 Å². The van der Waals surface area contributed by atoms with Gasteiger partial charge in [0.15, 0.2) is 0 Å². The van der Waals surface area contributed by atoms with Crippen LogP contribution in [0.1, 0.15) is 24.5 Å². The van der Waals surface area contributed by atoms with Gasteiger partial charge in [0.25, 0.3) is 0 Å². The van der Waals surface area contributed by atoms with E-state index >= 15 is 0 Å². The highest BCUT2D eigenvalue weighted by Gasteiger charge is 2.20. The molecular weight excluding hydrogens is 264 g/mol. The molecule has 0 fully saturated rings. The number of sulfonamides is 1. The number of rotatable bonds is 7. The summed E-state index contributed by atoms with van der Waals surface area (Å²) < 4.78 is 25.7. The summed E-state index contributed by atoms with van der Waals surface area (Å²) in [7, 11) is -3.38. The summed E-state index contributed by atoms with van der Waals surface area (Å²) in [6.07, 6.45) is 0.431. The van der Waals surface area contributed by atoms with Gasteiger partial charge in [-0.15, -0.1) is 0 Å². The summed E-state index contributed by atoms with van der Waals surface area (Å²) in [5.74, 6) is -0.0853. The van der Waals surface area contributed by atoms with Crippen LogP contribution in [-0.4, -0.2) is 37.5 Å². The van der Waals surface area contributed by atoms with Gasteiger partial charge < -0.3 is 5.11 Å². The van der Waals surface area contributed by atoms with Gasteiger partial charge in [0, 0.05) is 19.7 Å². The van der Waals surface area contributed by atoms with Crippen LogP contribution in [0.5, 0.6) is 0 Å². The smallest absolute Gasteiger partial charge is 0.218 e. The lowest BCUT2D eigenvalue weighted by Gasteiger charge is -2.20. The first-order valence-electron chi connectivity index (χ1n) is 6.11. The molecule has 0 saturated heterocycles. The zero-order valence-corrected chi connectivity index (χ0v) is 11.7. The van der Waals surface area contributed by atoms with Crippen molar-refractivity contribution in [1.82, 2.24) is 4.31 Å². The number of hydrogen-bond acceptors (Lipinski definition) is 4. The Labute approximate surface area is 114 Å². The Kier molecular flexibility index (Phi) is 5.96. The molecule has 6 heteroatoms. The van der Waals surface area contributed by atoms with Gasteiger partial charge in [0.1, 0.15) is 0 Å². The molecule has 0 aliphatic heterocycles. The van der Waals surface area contributed by atoms with E-state index in [1.54, 1.807) is 31.2 Å². The summed E-state index contributed by atoms with van der Waals surface area (Å²) >= 11 is 0. The molecule has 19 heavy (non-hydrogen) atoms. The van der Waals surface area contributed by atoms with Crippen molar-refractivity contribution in [2.45, 2.75) is 19.1 Å². The van der Waals surface area contributed by atoms with E-state index in [0.717, 1.165) is 0 Å². The monoisotopic (exact) mass is 282 g/mol. The summed E-state index contributed by atoms with van der Waals surface area (Å²) in [6.45, 7) is 2.46. The van der Waals surface area contributed by atoms with Gasteiger partial charge in [-0.3, -0.25) is 0 Å². The van der Waals surface area contributed by atoms with E-state index in [2.05, 4.69) is 0 Å². The lowest BCUT2D eigenvalue weighted by Crippen LogP contribution is -2.33. The highest BCUT2D eigenvalue weighted by molar-refractivity contribution is 7.88. The van der Waals surface area contributed by atoms with Gasteiger partial charge in [-0.2, -0.15) is 5.26 Å². The van der Waals surface area contributed by atoms with Gasteiger partial charge in [-0.05, 0) is 24.1 Å². The third kappa shape index (κ3) is 4.63. The molecule has 1 aromatic rings. The molecule has 0 bridgehead atoms. The summed E-state index contributed by atoms with van der Waals surface area (Å²) in [6, 6.07) is 8.50. The molecule has 0 aliphatic carbocycles. The number of benzene rings is 1. The van der Waals surface area contributed by atoms with Crippen LogP contribution in [0.2, 0.25) is 0 Å². The van der Waals surface area contributed by atoms with E-state index < -0.39 is 10.0 Å². The second-order valence-corrected chi connectivity index (χ2v) is 6.10. The van der Waals surface area contributed by atoms with Crippen molar-refractivity contribution in [1.29, 1.82) is 5.26 Å². The van der Waals surface area contributed by atoms with Crippen LogP contribution in [0, 0.1) is 11.3 Å². The molecule has 5 nitrogen and oxygen atoms in total. The van der Waals surface area contributed by atoms with E-state index in [1.807, 2.05) is 6.07 Å². The predicted molar refractivity (Wildman–Crippen MR) is 72.7 cm³/mol. The highest BCUT2D eigenvalue weighted by atomic mass is 32.2. The molecular formula is C13H18N2O3S. The lowest BCUT2D eigenvalue weighted by atomic mass is 10.2. The molecule has 0 aliphatic rings. The average Bonchev–Trinajstić information content (AvgIpc) is 2.39. The number of aliphatic hydroxyl groups excluding tert-OH is 1. The normalized spacial score (nSPS) is 11.5. The molecule has 0 saturated carbocycles. The Hall–Kier alpha value is -1.42. The van der Waals surface area contributed by atoms with Gasteiger partial charge in [-0.25, -0.2) is 12.7 Å². The molecule has 0 atom stereocenters. The van der Waals surface area contributed by atoms with Crippen molar-refractivity contribution >= 4 is 10.0 Å². The van der Waals surface area contributed by atoms with Crippen molar-refractivity contribution in [2.75, 3.05) is 19.7 Å². The lowest BCUT2D eigenvalue weighted by molar-refractivity contribution is 0.271.